The van der Waals surface area contributed by atoms with E-state index in [1.165, 1.54) is 24.8 Å². The molecule has 1 aromatic heterocycles. The van der Waals surface area contributed by atoms with E-state index in [1.807, 2.05) is 30.1 Å². The lowest BCUT2D eigenvalue weighted by molar-refractivity contribution is -0.126. The van der Waals surface area contributed by atoms with Crippen LogP contribution in [0.2, 0.25) is 0 Å². The Hall–Kier alpha value is -1.25. The van der Waals surface area contributed by atoms with E-state index in [0.717, 1.165) is 12.8 Å². The normalized spacial score (nSPS) is 17.3. The first kappa shape index (κ1) is 11.2. The predicted molar refractivity (Wildman–Crippen MR) is 63.8 cm³/mol. The fourth-order valence-corrected chi connectivity index (χ4v) is 2.36. The smallest absolute Gasteiger partial charge is 0.223 e. The van der Waals surface area contributed by atoms with Gasteiger partial charge in [0.2, 0.25) is 5.91 Å². The molecule has 2 rings (SSSR count). The molecule has 0 spiro atoms. The Morgan fingerprint density at radius 1 is 1.44 bits per heavy atom. The van der Waals surface area contributed by atoms with E-state index in [-0.39, 0.29) is 11.8 Å². The summed E-state index contributed by atoms with van der Waals surface area (Å²) in [6.07, 6.45) is 9.90. The molecule has 1 aliphatic carbocycles. The van der Waals surface area contributed by atoms with E-state index in [4.69, 9.17) is 0 Å². The summed E-state index contributed by atoms with van der Waals surface area (Å²) < 4.78 is 2.00. The van der Waals surface area contributed by atoms with Gasteiger partial charge in [0.1, 0.15) is 0 Å². The van der Waals surface area contributed by atoms with Gasteiger partial charge in [-0.3, -0.25) is 4.79 Å². The summed E-state index contributed by atoms with van der Waals surface area (Å²) in [6, 6.07) is 2.04. The molecule has 88 valence electrons. The summed E-state index contributed by atoms with van der Waals surface area (Å²) >= 11 is 0. The van der Waals surface area contributed by atoms with Crippen LogP contribution in [0.5, 0.6) is 0 Å². The molecule has 1 fully saturated rings. The van der Waals surface area contributed by atoms with Gasteiger partial charge in [-0.15, -0.1) is 0 Å². The second-order valence-corrected chi connectivity index (χ2v) is 4.74. The Bertz CT molecular complexity index is 351. The Balaban J connectivity index is 1.78. The SMILES string of the molecule is Cn1ccc(CNC(=O)C2CCCCC2)c1. The van der Waals surface area contributed by atoms with E-state index in [1.54, 1.807) is 0 Å². The van der Waals surface area contributed by atoms with Crippen LogP contribution in [-0.4, -0.2) is 10.5 Å². The minimum absolute atomic E-state index is 0.239. The van der Waals surface area contributed by atoms with E-state index < -0.39 is 0 Å². The molecule has 3 heteroatoms. The van der Waals surface area contributed by atoms with Crippen molar-refractivity contribution in [1.82, 2.24) is 9.88 Å². The average molecular weight is 220 g/mol. The standard InChI is InChI=1S/C13H20N2O/c1-15-8-7-11(10-15)9-14-13(16)12-5-3-2-4-6-12/h7-8,10,12H,2-6,9H2,1H3,(H,14,16). The van der Waals surface area contributed by atoms with Crippen molar-refractivity contribution in [3.05, 3.63) is 24.0 Å². The first-order valence-electron chi connectivity index (χ1n) is 6.14. The van der Waals surface area contributed by atoms with Crippen molar-refractivity contribution >= 4 is 5.91 Å². The molecule has 0 saturated heterocycles. The molecule has 1 aliphatic rings. The van der Waals surface area contributed by atoms with Crippen molar-refractivity contribution in [2.24, 2.45) is 13.0 Å². The van der Waals surface area contributed by atoms with Crippen LogP contribution in [0.1, 0.15) is 37.7 Å². The van der Waals surface area contributed by atoms with Gasteiger partial charge < -0.3 is 9.88 Å². The third-order valence-electron chi connectivity index (χ3n) is 3.34. The highest BCUT2D eigenvalue weighted by atomic mass is 16.1. The number of aromatic nitrogens is 1. The van der Waals surface area contributed by atoms with Crippen molar-refractivity contribution < 1.29 is 4.79 Å². The van der Waals surface area contributed by atoms with Gasteiger partial charge in [-0.25, -0.2) is 0 Å². The Morgan fingerprint density at radius 3 is 2.81 bits per heavy atom. The average Bonchev–Trinajstić information content (AvgIpc) is 2.73. The Kier molecular flexibility index (Phi) is 3.65. The number of carbonyl (C=O) groups excluding carboxylic acids is 1. The first-order valence-corrected chi connectivity index (χ1v) is 6.14. The van der Waals surface area contributed by atoms with Crippen LogP contribution in [0.4, 0.5) is 0 Å². The number of hydrogen-bond donors (Lipinski definition) is 1. The zero-order chi connectivity index (χ0) is 11.4. The van der Waals surface area contributed by atoms with Gasteiger partial charge in [-0.05, 0) is 24.5 Å². The number of amides is 1. The van der Waals surface area contributed by atoms with Crippen LogP contribution in [0, 0.1) is 5.92 Å². The fourth-order valence-electron chi connectivity index (χ4n) is 2.36. The summed E-state index contributed by atoms with van der Waals surface area (Å²) in [5, 5.41) is 3.03. The van der Waals surface area contributed by atoms with Gasteiger partial charge in [-0.2, -0.15) is 0 Å². The summed E-state index contributed by atoms with van der Waals surface area (Å²) in [7, 11) is 1.99. The number of nitrogens with one attached hydrogen (secondary N) is 1. The topological polar surface area (TPSA) is 34.0 Å². The van der Waals surface area contributed by atoms with Crippen LogP contribution in [-0.2, 0) is 18.4 Å². The molecule has 3 nitrogen and oxygen atoms in total. The van der Waals surface area contributed by atoms with Crippen molar-refractivity contribution in [2.45, 2.75) is 38.6 Å². The zero-order valence-corrected chi connectivity index (χ0v) is 9.91. The number of aryl methyl sites for hydroxylation is 1. The maximum absolute atomic E-state index is 11.9. The molecule has 0 aromatic carbocycles. The van der Waals surface area contributed by atoms with Crippen LogP contribution < -0.4 is 5.32 Å². The molecule has 16 heavy (non-hydrogen) atoms. The third kappa shape index (κ3) is 2.87. The second kappa shape index (κ2) is 5.19. The molecular formula is C13H20N2O. The lowest BCUT2D eigenvalue weighted by atomic mass is 9.89. The van der Waals surface area contributed by atoms with Gasteiger partial charge in [0.15, 0.2) is 0 Å². The highest BCUT2D eigenvalue weighted by Crippen LogP contribution is 2.23. The lowest BCUT2D eigenvalue weighted by Crippen LogP contribution is -2.31. The quantitative estimate of drug-likeness (QED) is 0.832. The van der Waals surface area contributed by atoms with Crippen molar-refractivity contribution in [3.8, 4) is 0 Å². The molecule has 0 unspecified atom stereocenters. The van der Waals surface area contributed by atoms with Crippen LogP contribution in [0.15, 0.2) is 18.5 Å². The number of hydrogen-bond acceptors (Lipinski definition) is 1. The predicted octanol–water partition coefficient (Wildman–Crippen LogP) is 2.22. The lowest BCUT2D eigenvalue weighted by Gasteiger charge is -2.20. The molecule has 1 heterocycles. The highest BCUT2D eigenvalue weighted by Gasteiger charge is 2.20. The molecular weight excluding hydrogens is 200 g/mol. The molecule has 0 atom stereocenters. The maximum Gasteiger partial charge on any atom is 0.223 e. The Labute approximate surface area is 96.8 Å². The summed E-state index contributed by atoms with van der Waals surface area (Å²) in [4.78, 5) is 11.9. The molecule has 1 N–H and O–H groups in total. The van der Waals surface area contributed by atoms with Gasteiger partial charge in [0.05, 0.1) is 0 Å². The zero-order valence-electron chi connectivity index (χ0n) is 9.91. The monoisotopic (exact) mass is 220 g/mol. The number of nitrogens with zero attached hydrogens (tertiary/aromatic N) is 1. The molecule has 1 amide bonds. The molecule has 0 aliphatic heterocycles. The van der Waals surface area contributed by atoms with Crippen molar-refractivity contribution in [3.63, 3.8) is 0 Å². The first-order chi connectivity index (χ1) is 7.75. The number of rotatable bonds is 3. The number of carbonyl (C=O) groups is 1. The van der Waals surface area contributed by atoms with Crippen LogP contribution in [0.25, 0.3) is 0 Å². The molecule has 1 aromatic rings. The summed E-state index contributed by atoms with van der Waals surface area (Å²) in [5.74, 6) is 0.501. The van der Waals surface area contributed by atoms with E-state index in [2.05, 4.69) is 5.32 Å². The fraction of sp³-hybridized carbons (Fsp3) is 0.615. The second-order valence-electron chi connectivity index (χ2n) is 4.74. The Morgan fingerprint density at radius 2 is 2.19 bits per heavy atom. The van der Waals surface area contributed by atoms with E-state index >= 15 is 0 Å². The van der Waals surface area contributed by atoms with Crippen molar-refractivity contribution in [2.75, 3.05) is 0 Å². The molecule has 1 saturated carbocycles. The minimum Gasteiger partial charge on any atom is -0.357 e. The summed E-state index contributed by atoms with van der Waals surface area (Å²) in [5.41, 5.74) is 1.17. The van der Waals surface area contributed by atoms with Gasteiger partial charge >= 0.3 is 0 Å². The van der Waals surface area contributed by atoms with E-state index in [9.17, 15) is 4.79 Å². The molecule has 0 bridgehead atoms. The molecule has 0 radical (unpaired) electrons. The van der Waals surface area contributed by atoms with Crippen LogP contribution in [0.3, 0.4) is 0 Å². The third-order valence-corrected chi connectivity index (χ3v) is 3.34. The minimum atomic E-state index is 0.239. The largest absolute Gasteiger partial charge is 0.357 e. The van der Waals surface area contributed by atoms with E-state index in [0.29, 0.717) is 6.54 Å². The van der Waals surface area contributed by atoms with Gasteiger partial charge in [-0.1, -0.05) is 19.3 Å². The summed E-state index contributed by atoms with van der Waals surface area (Å²) in [6.45, 7) is 0.663. The van der Waals surface area contributed by atoms with Crippen molar-refractivity contribution in [1.29, 1.82) is 0 Å². The van der Waals surface area contributed by atoms with Crippen LogP contribution >= 0.6 is 0 Å². The maximum atomic E-state index is 11.9. The van der Waals surface area contributed by atoms with Gasteiger partial charge in [0, 0.05) is 31.9 Å². The van der Waals surface area contributed by atoms with Gasteiger partial charge in [0.25, 0.3) is 0 Å². The highest BCUT2D eigenvalue weighted by molar-refractivity contribution is 5.78.